The minimum absolute atomic E-state index is 0.153. The SMILES string of the molecule is O=C1C(=NCC(F)(F)F)c2cc(Br)ccc2N1Cc1ccccc1. The van der Waals surface area contributed by atoms with Gasteiger partial charge in [0.05, 0.1) is 12.2 Å². The largest absolute Gasteiger partial charge is 0.407 e. The fourth-order valence-corrected chi connectivity index (χ4v) is 2.89. The van der Waals surface area contributed by atoms with Crippen molar-refractivity contribution in [2.75, 3.05) is 11.4 Å². The smallest absolute Gasteiger partial charge is 0.302 e. The van der Waals surface area contributed by atoms with Gasteiger partial charge in [0, 0.05) is 10.0 Å². The number of rotatable bonds is 3. The fraction of sp³-hybridized carbons (Fsp3) is 0.176. The van der Waals surface area contributed by atoms with Gasteiger partial charge in [-0.1, -0.05) is 46.3 Å². The molecule has 3 nitrogen and oxygen atoms in total. The van der Waals surface area contributed by atoms with Crippen LogP contribution in [0.25, 0.3) is 0 Å². The molecule has 24 heavy (non-hydrogen) atoms. The standard InChI is InChI=1S/C17H12BrF3N2O/c18-12-6-7-14-13(8-12)15(22-10-17(19,20)21)16(24)23(14)9-11-4-2-1-3-5-11/h1-8H,9-10H2. The maximum Gasteiger partial charge on any atom is 0.407 e. The quantitative estimate of drug-likeness (QED) is 0.758. The second-order valence-corrected chi connectivity index (χ2v) is 6.23. The molecule has 7 heteroatoms. The van der Waals surface area contributed by atoms with E-state index in [0.29, 0.717) is 15.7 Å². The van der Waals surface area contributed by atoms with Crippen LogP contribution in [0.15, 0.2) is 58.0 Å². The van der Waals surface area contributed by atoms with Crippen LogP contribution in [-0.4, -0.2) is 24.3 Å². The summed E-state index contributed by atoms with van der Waals surface area (Å²) in [5.41, 5.74) is 1.71. The van der Waals surface area contributed by atoms with Gasteiger partial charge < -0.3 is 4.90 Å². The van der Waals surface area contributed by atoms with Crippen molar-refractivity contribution in [3.63, 3.8) is 0 Å². The van der Waals surface area contributed by atoms with Crippen molar-refractivity contribution in [1.82, 2.24) is 0 Å². The van der Waals surface area contributed by atoms with E-state index in [1.807, 2.05) is 30.3 Å². The second kappa shape index (κ2) is 6.39. The van der Waals surface area contributed by atoms with Crippen LogP contribution in [-0.2, 0) is 11.3 Å². The number of benzene rings is 2. The molecule has 1 aliphatic heterocycles. The van der Waals surface area contributed by atoms with Gasteiger partial charge in [-0.2, -0.15) is 13.2 Å². The van der Waals surface area contributed by atoms with Gasteiger partial charge in [0.2, 0.25) is 0 Å². The molecule has 2 aromatic carbocycles. The van der Waals surface area contributed by atoms with Gasteiger partial charge in [0.1, 0.15) is 12.3 Å². The van der Waals surface area contributed by atoms with Gasteiger partial charge in [-0.25, -0.2) is 0 Å². The number of nitrogens with zero attached hydrogens (tertiary/aromatic N) is 2. The number of halogens is 4. The average Bonchev–Trinajstić information content (AvgIpc) is 2.77. The first-order valence-electron chi connectivity index (χ1n) is 7.12. The lowest BCUT2D eigenvalue weighted by molar-refractivity contribution is -0.118. The van der Waals surface area contributed by atoms with E-state index in [9.17, 15) is 18.0 Å². The number of carbonyl (C=O) groups is 1. The van der Waals surface area contributed by atoms with Crippen molar-refractivity contribution in [1.29, 1.82) is 0 Å². The molecule has 0 atom stereocenters. The Morgan fingerprint density at radius 1 is 1.08 bits per heavy atom. The number of aliphatic imine (C=N–C) groups is 1. The molecule has 1 amide bonds. The van der Waals surface area contributed by atoms with E-state index < -0.39 is 18.6 Å². The summed E-state index contributed by atoms with van der Waals surface area (Å²) in [5, 5.41) is 0. The number of carbonyl (C=O) groups excluding carboxylic acids is 1. The van der Waals surface area contributed by atoms with Gasteiger partial charge in [0.15, 0.2) is 0 Å². The molecule has 0 radical (unpaired) electrons. The average molecular weight is 397 g/mol. The summed E-state index contributed by atoms with van der Waals surface area (Å²) in [4.78, 5) is 17.6. The number of fused-ring (bicyclic) bond motifs is 1. The third-order valence-electron chi connectivity index (χ3n) is 3.55. The van der Waals surface area contributed by atoms with Gasteiger partial charge in [0.25, 0.3) is 5.91 Å². The van der Waals surface area contributed by atoms with Crippen molar-refractivity contribution >= 4 is 33.2 Å². The molecule has 0 fully saturated rings. The Bertz CT molecular complexity index is 803. The van der Waals surface area contributed by atoms with Crippen LogP contribution >= 0.6 is 15.9 Å². The summed E-state index contributed by atoms with van der Waals surface area (Å²) in [7, 11) is 0. The maximum absolute atomic E-state index is 12.6. The molecule has 1 aliphatic rings. The van der Waals surface area contributed by atoms with Crippen LogP contribution in [0.1, 0.15) is 11.1 Å². The lowest BCUT2D eigenvalue weighted by atomic mass is 10.1. The first kappa shape index (κ1) is 16.7. The first-order chi connectivity index (χ1) is 11.3. The summed E-state index contributed by atoms with van der Waals surface area (Å²) in [6.45, 7) is -1.10. The normalized spacial score (nSPS) is 15.9. The minimum atomic E-state index is -4.45. The highest BCUT2D eigenvalue weighted by Gasteiger charge is 2.35. The van der Waals surface area contributed by atoms with E-state index in [4.69, 9.17) is 0 Å². The molecule has 1 heterocycles. The summed E-state index contributed by atoms with van der Waals surface area (Å²) < 4.78 is 38.2. The second-order valence-electron chi connectivity index (χ2n) is 5.32. The summed E-state index contributed by atoms with van der Waals surface area (Å²) in [6.07, 6.45) is -4.45. The molecule has 0 unspecified atom stereocenters. The van der Waals surface area contributed by atoms with Crippen molar-refractivity contribution in [3.05, 3.63) is 64.1 Å². The highest BCUT2D eigenvalue weighted by atomic mass is 79.9. The highest BCUT2D eigenvalue weighted by molar-refractivity contribution is 9.10. The Morgan fingerprint density at radius 3 is 2.46 bits per heavy atom. The van der Waals surface area contributed by atoms with Crippen molar-refractivity contribution in [3.8, 4) is 0 Å². The molecule has 0 N–H and O–H groups in total. The van der Waals surface area contributed by atoms with Crippen LogP contribution < -0.4 is 4.90 Å². The lowest BCUT2D eigenvalue weighted by Crippen LogP contribution is -2.30. The summed E-state index contributed by atoms with van der Waals surface area (Å²) >= 11 is 3.28. The molecule has 0 aliphatic carbocycles. The first-order valence-corrected chi connectivity index (χ1v) is 7.91. The van der Waals surface area contributed by atoms with Crippen LogP contribution in [0.3, 0.4) is 0 Å². The fourth-order valence-electron chi connectivity index (χ4n) is 2.53. The molecule has 124 valence electrons. The van der Waals surface area contributed by atoms with Gasteiger partial charge in [-0.05, 0) is 23.8 Å². The van der Waals surface area contributed by atoms with Crippen LogP contribution in [0.4, 0.5) is 18.9 Å². The van der Waals surface area contributed by atoms with Crippen molar-refractivity contribution in [2.45, 2.75) is 12.7 Å². The van der Waals surface area contributed by atoms with Crippen molar-refractivity contribution < 1.29 is 18.0 Å². The minimum Gasteiger partial charge on any atom is -0.302 e. The Labute approximate surface area is 144 Å². The lowest BCUT2D eigenvalue weighted by Gasteiger charge is -2.17. The van der Waals surface area contributed by atoms with E-state index in [1.54, 1.807) is 18.2 Å². The zero-order valence-electron chi connectivity index (χ0n) is 12.3. The van der Waals surface area contributed by atoms with E-state index in [-0.39, 0.29) is 12.3 Å². The van der Waals surface area contributed by atoms with Gasteiger partial charge in [-0.3, -0.25) is 9.79 Å². The number of alkyl halides is 3. The van der Waals surface area contributed by atoms with Crippen molar-refractivity contribution in [2.24, 2.45) is 4.99 Å². The topological polar surface area (TPSA) is 32.7 Å². The Balaban J connectivity index is 1.99. The molecular formula is C17H12BrF3N2O. The predicted octanol–water partition coefficient (Wildman–Crippen LogP) is 4.35. The Hall–Kier alpha value is -2.15. The number of anilines is 1. The molecule has 3 rings (SSSR count). The number of amides is 1. The molecule has 0 spiro atoms. The molecular weight excluding hydrogens is 385 g/mol. The molecule has 0 saturated heterocycles. The van der Waals surface area contributed by atoms with Gasteiger partial charge in [-0.15, -0.1) is 0 Å². The monoisotopic (exact) mass is 396 g/mol. The van der Waals surface area contributed by atoms with E-state index >= 15 is 0 Å². The summed E-state index contributed by atoms with van der Waals surface area (Å²) in [5.74, 6) is -0.517. The number of hydrogen-bond donors (Lipinski definition) is 0. The highest BCUT2D eigenvalue weighted by Crippen LogP contribution is 2.33. The van der Waals surface area contributed by atoms with Crippen LogP contribution in [0.5, 0.6) is 0 Å². The Kier molecular flexibility index (Phi) is 4.45. The molecule has 0 bridgehead atoms. The zero-order valence-corrected chi connectivity index (χ0v) is 13.9. The van der Waals surface area contributed by atoms with Crippen LogP contribution in [0, 0.1) is 0 Å². The summed E-state index contributed by atoms with van der Waals surface area (Å²) in [6, 6.07) is 14.3. The van der Waals surface area contributed by atoms with E-state index in [1.165, 1.54) is 4.90 Å². The zero-order chi connectivity index (χ0) is 17.3. The molecule has 0 aromatic heterocycles. The predicted molar refractivity (Wildman–Crippen MR) is 89.2 cm³/mol. The van der Waals surface area contributed by atoms with E-state index in [2.05, 4.69) is 20.9 Å². The maximum atomic E-state index is 12.6. The molecule has 0 saturated carbocycles. The van der Waals surface area contributed by atoms with Crippen LogP contribution in [0.2, 0.25) is 0 Å². The Morgan fingerprint density at radius 2 is 1.79 bits per heavy atom. The third-order valence-corrected chi connectivity index (χ3v) is 4.05. The van der Waals surface area contributed by atoms with Gasteiger partial charge >= 0.3 is 6.18 Å². The molecule has 2 aromatic rings. The number of hydrogen-bond acceptors (Lipinski definition) is 2. The van der Waals surface area contributed by atoms with E-state index in [0.717, 1.165) is 5.56 Å². The third kappa shape index (κ3) is 3.51.